The summed E-state index contributed by atoms with van der Waals surface area (Å²) in [5.41, 5.74) is 1.49. The SMILES string of the molecule is CC(C)CC(C)NC1CC(c2ccc(Br)cc2)C1. The summed E-state index contributed by atoms with van der Waals surface area (Å²) in [6.07, 6.45) is 3.87. The average Bonchev–Trinajstić information content (AvgIpc) is 2.23. The monoisotopic (exact) mass is 309 g/mol. The maximum Gasteiger partial charge on any atom is 0.0175 e. The molecule has 2 rings (SSSR count). The largest absolute Gasteiger partial charge is 0.311 e. The molecule has 0 bridgehead atoms. The summed E-state index contributed by atoms with van der Waals surface area (Å²) in [5.74, 6) is 1.55. The van der Waals surface area contributed by atoms with Crippen molar-refractivity contribution < 1.29 is 0 Å². The van der Waals surface area contributed by atoms with Crippen molar-refractivity contribution in [3.63, 3.8) is 0 Å². The number of nitrogens with one attached hydrogen (secondary N) is 1. The summed E-state index contributed by atoms with van der Waals surface area (Å²) in [6.45, 7) is 6.90. The number of hydrogen-bond acceptors (Lipinski definition) is 1. The molecule has 1 nitrogen and oxygen atoms in total. The minimum atomic E-state index is 0.654. The molecule has 1 aromatic carbocycles. The first-order chi connectivity index (χ1) is 8.54. The molecule has 100 valence electrons. The van der Waals surface area contributed by atoms with Crippen LogP contribution in [0.2, 0.25) is 0 Å². The second-order valence-electron chi connectivity index (χ2n) is 6.11. The Hall–Kier alpha value is -0.340. The third-order valence-corrected chi connectivity index (χ3v) is 4.35. The Labute approximate surface area is 119 Å². The van der Waals surface area contributed by atoms with E-state index in [1.54, 1.807) is 0 Å². The zero-order valence-electron chi connectivity index (χ0n) is 11.6. The molecule has 0 spiro atoms. The Kier molecular flexibility index (Phi) is 4.85. The first kappa shape index (κ1) is 14.1. The molecule has 0 amide bonds. The number of benzene rings is 1. The van der Waals surface area contributed by atoms with E-state index >= 15 is 0 Å². The van der Waals surface area contributed by atoms with E-state index in [9.17, 15) is 0 Å². The zero-order chi connectivity index (χ0) is 13.1. The molecule has 1 aromatic rings. The van der Waals surface area contributed by atoms with E-state index < -0.39 is 0 Å². The van der Waals surface area contributed by atoms with Crippen molar-refractivity contribution in [2.24, 2.45) is 5.92 Å². The lowest BCUT2D eigenvalue weighted by atomic mass is 9.75. The van der Waals surface area contributed by atoms with Crippen molar-refractivity contribution in [2.75, 3.05) is 0 Å². The fourth-order valence-corrected chi connectivity index (χ4v) is 3.20. The van der Waals surface area contributed by atoms with Gasteiger partial charge in [-0.25, -0.2) is 0 Å². The zero-order valence-corrected chi connectivity index (χ0v) is 13.2. The molecule has 1 saturated carbocycles. The maximum absolute atomic E-state index is 3.75. The van der Waals surface area contributed by atoms with Crippen LogP contribution in [-0.2, 0) is 0 Å². The van der Waals surface area contributed by atoms with Gasteiger partial charge >= 0.3 is 0 Å². The third kappa shape index (κ3) is 3.83. The van der Waals surface area contributed by atoms with Crippen molar-refractivity contribution >= 4 is 15.9 Å². The Morgan fingerprint density at radius 1 is 1.17 bits per heavy atom. The molecule has 1 unspecified atom stereocenters. The molecular weight excluding hydrogens is 286 g/mol. The Bertz CT molecular complexity index is 365. The lowest BCUT2D eigenvalue weighted by Gasteiger charge is -2.38. The molecule has 18 heavy (non-hydrogen) atoms. The molecule has 0 saturated heterocycles. The third-order valence-electron chi connectivity index (χ3n) is 3.82. The topological polar surface area (TPSA) is 12.0 Å². The van der Waals surface area contributed by atoms with Gasteiger partial charge in [-0.3, -0.25) is 0 Å². The molecule has 1 aliphatic rings. The highest BCUT2D eigenvalue weighted by molar-refractivity contribution is 9.10. The van der Waals surface area contributed by atoms with Crippen LogP contribution in [0.4, 0.5) is 0 Å². The van der Waals surface area contributed by atoms with Crippen LogP contribution in [0.3, 0.4) is 0 Å². The standard InChI is InChI=1S/C16H24BrN/c1-11(2)8-12(3)18-16-9-14(10-16)13-4-6-15(17)7-5-13/h4-7,11-12,14,16,18H,8-10H2,1-3H3. The van der Waals surface area contributed by atoms with Gasteiger partial charge in [0.05, 0.1) is 0 Å². The van der Waals surface area contributed by atoms with E-state index in [2.05, 4.69) is 66.3 Å². The van der Waals surface area contributed by atoms with Gasteiger partial charge in [-0.1, -0.05) is 41.9 Å². The molecule has 0 heterocycles. The quantitative estimate of drug-likeness (QED) is 0.830. The normalized spacial score (nSPS) is 24.9. The van der Waals surface area contributed by atoms with Crippen LogP contribution in [0.1, 0.15) is 51.5 Å². The predicted octanol–water partition coefficient (Wildman–Crippen LogP) is 4.72. The lowest BCUT2D eigenvalue weighted by Crippen LogP contribution is -2.44. The predicted molar refractivity (Wildman–Crippen MR) is 82.0 cm³/mol. The van der Waals surface area contributed by atoms with E-state index in [-0.39, 0.29) is 0 Å². The van der Waals surface area contributed by atoms with Crippen LogP contribution in [0, 0.1) is 5.92 Å². The van der Waals surface area contributed by atoms with Crippen molar-refractivity contribution in [3.05, 3.63) is 34.3 Å². The van der Waals surface area contributed by atoms with Crippen molar-refractivity contribution in [1.82, 2.24) is 5.32 Å². The molecule has 1 N–H and O–H groups in total. The van der Waals surface area contributed by atoms with Gasteiger partial charge in [0.2, 0.25) is 0 Å². The van der Waals surface area contributed by atoms with Gasteiger partial charge in [0, 0.05) is 16.6 Å². The summed E-state index contributed by atoms with van der Waals surface area (Å²) >= 11 is 3.49. The van der Waals surface area contributed by atoms with Crippen LogP contribution in [-0.4, -0.2) is 12.1 Å². The first-order valence-corrected chi connectivity index (χ1v) is 7.85. The molecule has 1 fully saturated rings. The number of hydrogen-bond donors (Lipinski definition) is 1. The van der Waals surface area contributed by atoms with Crippen molar-refractivity contribution in [2.45, 2.75) is 58.0 Å². The Morgan fingerprint density at radius 3 is 2.33 bits per heavy atom. The van der Waals surface area contributed by atoms with Gasteiger partial charge in [0.1, 0.15) is 0 Å². The van der Waals surface area contributed by atoms with Gasteiger partial charge in [-0.2, -0.15) is 0 Å². The molecule has 1 atom stereocenters. The van der Waals surface area contributed by atoms with Crippen LogP contribution in [0.15, 0.2) is 28.7 Å². The fourth-order valence-electron chi connectivity index (χ4n) is 2.94. The minimum Gasteiger partial charge on any atom is -0.311 e. The first-order valence-electron chi connectivity index (χ1n) is 7.06. The maximum atomic E-state index is 3.75. The lowest BCUT2D eigenvalue weighted by molar-refractivity contribution is 0.257. The van der Waals surface area contributed by atoms with Crippen LogP contribution in [0.25, 0.3) is 0 Å². The number of rotatable bonds is 5. The highest BCUT2D eigenvalue weighted by atomic mass is 79.9. The molecule has 0 radical (unpaired) electrons. The van der Waals surface area contributed by atoms with Crippen LogP contribution < -0.4 is 5.32 Å². The van der Waals surface area contributed by atoms with Gasteiger partial charge in [-0.15, -0.1) is 0 Å². The second kappa shape index (κ2) is 6.21. The van der Waals surface area contributed by atoms with Gasteiger partial charge in [0.25, 0.3) is 0 Å². The van der Waals surface area contributed by atoms with E-state index in [1.165, 1.54) is 29.3 Å². The fraction of sp³-hybridized carbons (Fsp3) is 0.625. The summed E-state index contributed by atoms with van der Waals surface area (Å²) in [7, 11) is 0. The number of halogens is 1. The van der Waals surface area contributed by atoms with Crippen molar-refractivity contribution in [1.29, 1.82) is 0 Å². The smallest absolute Gasteiger partial charge is 0.0175 e. The van der Waals surface area contributed by atoms with Crippen LogP contribution >= 0.6 is 15.9 Å². The second-order valence-corrected chi connectivity index (χ2v) is 7.03. The highest BCUT2D eigenvalue weighted by Gasteiger charge is 2.30. The summed E-state index contributed by atoms with van der Waals surface area (Å²) < 4.78 is 1.17. The molecule has 1 aliphatic carbocycles. The van der Waals surface area contributed by atoms with Gasteiger partial charge < -0.3 is 5.32 Å². The molecule has 2 heteroatoms. The van der Waals surface area contributed by atoms with Crippen molar-refractivity contribution in [3.8, 4) is 0 Å². The summed E-state index contributed by atoms with van der Waals surface area (Å²) in [5, 5.41) is 3.75. The Morgan fingerprint density at radius 2 is 1.78 bits per heavy atom. The van der Waals surface area contributed by atoms with E-state index in [4.69, 9.17) is 0 Å². The Balaban J connectivity index is 1.75. The van der Waals surface area contributed by atoms with E-state index in [1.807, 2.05) is 0 Å². The minimum absolute atomic E-state index is 0.654. The van der Waals surface area contributed by atoms with Gasteiger partial charge in [0.15, 0.2) is 0 Å². The molecule has 0 aliphatic heterocycles. The molecular formula is C16H24BrN. The van der Waals surface area contributed by atoms with E-state index in [0.29, 0.717) is 6.04 Å². The molecule has 0 aromatic heterocycles. The summed E-state index contributed by atoms with van der Waals surface area (Å²) in [4.78, 5) is 0. The van der Waals surface area contributed by atoms with Gasteiger partial charge in [-0.05, 0) is 55.7 Å². The van der Waals surface area contributed by atoms with E-state index in [0.717, 1.165) is 17.9 Å². The summed E-state index contributed by atoms with van der Waals surface area (Å²) in [6, 6.07) is 10.2. The highest BCUT2D eigenvalue weighted by Crippen LogP contribution is 2.37. The van der Waals surface area contributed by atoms with Crippen LogP contribution in [0.5, 0.6) is 0 Å². The average molecular weight is 310 g/mol.